The number of carbonyl (C=O) groups excluding carboxylic acids is 2. The Labute approximate surface area is 156 Å². The summed E-state index contributed by atoms with van der Waals surface area (Å²) in [5, 5.41) is 10.3. The molecule has 27 heavy (non-hydrogen) atoms. The van der Waals surface area contributed by atoms with Gasteiger partial charge >= 0.3 is 11.9 Å². The van der Waals surface area contributed by atoms with Crippen LogP contribution in [-0.4, -0.2) is 46.7 Å². The molecule has 0 unspecified atom stereocenters. The predicted octanol–water partition coefficient (Wildman–Crippen LogP) is 0.790. The highest BCUT2D eigenvalue weighted by atomic mass is 32.2. The Bertz CT molecular complexity index is 961. The monoisotopic (exact) mass is 394 g/mol. The van der Waals surface area contributed by atoms with Crippen LogP contribution >= 0.6 is 0 Å². The molecule has 9 nitrogen and oxygen atoms in total. The average molecular weight is 394 g/mol. The van der Waals surface area contributed by atoms with E-state index in [1.807, 2.05) is 0 Å². The lowest BCUT2D eigenvalue weighted by Crippen LogP contribution is -2.27. The number of ether oxygens (including phenoxy) is 2. The fraction of sp³-hybridized carbons (Fsp3) is 0.176. The molecule has 1 aliphatic heterocycles. The van der Waals surface area contributed by atoms with Gasteiger partial charge in [-0.15, -0.1) is 0 Å². The van der Waals surface area contributed by atoms with Gasteiger partial charge in [0, 0.05) is 6.20 Å². The lowest BCUT2D eigenvalue weighted by molar-refractivity contribution is -0.139. The van der Waals surface area contributed by atoms with Crippen molar-refractivity contribution in [2.24, 2.45) is 0 Å². The first kappa shape index (κ1) is 20.2. The number of rotatable bonds is 5. The van der Waals surface area contributed by atoms with E-state index < -0.39 is 22.0 Å². The summed E-state index contributed by atoms with van der Waals surface area (Å²) in [6, 6.07) is 3.53. The molecular weight excluding hydrogens is 376 g/mol. The average Bonchev–Trinajstić information content (AvgIpc) is 2.89. The van der Waals surface area contributed by atoms with Crippen LogP contribution in [0.3, 0.4) is 0 Å². The molecule has 0 bridgehead atoms. The van der Waals surface area contributed by atoms with E-state index in [1.165, 1.54) is 43.6 Å². The number of methoxy groups -OCH3 is 2. The maximum absolute atomic E-state index is 12.4. The van der Waals surface area contributed by atoms with E-state index in [-0.39, 0.29) is 27.6 Å². The van der Waals surface area contributed by atoms with Crippen LogP contribution in [0.4, 0.5) is 5.69 Å². The Kier molecular flexibility index (Phi) is 6.03. The maximum atomic E-state index is 12.4. The van der Waals surface area contributed by atoms with Gasteiger partial charge in [-0.1, -0.05) is 6.08 Å². The number of phenolic OH excluding ortho intramolecular Hbond substituents is 1. The topological polar surface area (TPSA) is 122 Å². The van der Waals surface area contributed by atoms with Gasteiger partial charge in [0.25, 0.3) is 0 Å². The third-order valence-electron chi connectivity index (χ3n) is 3.67. The van der Waals surface area contributed by atoms with Crippen molar-refractivity contribution in [2.75, 3.05) is 26.2 Å². The van der Waals surface area contributed by atoms with Gasteiger partial charge in [-0.3, -0.25) is 0 Å². The van der Waals surface area contributed by atoms with Gasteiger partial charge in [0.15, 0.2) is 0 Å². The van der Waals surface area contributed by atoms with E-state index in [0.29, 0.717) is 0 Å². The first-order valence-corrected chi connectivity index (χ1v) is 9.06. The van der Waals surface area contributed by atoms with E-state index in [1.54, 1.807) is 0 Å². The minimum atomic E-state index is -3.81. The van der Waals surface area contributed by atoms with Gasteiger partial charge in [0.1, 0.15) is 11.4 Å². The number of phenols is 1. The van der Waals surface area contributed by atoms with Crippen LogP contribution in [-0.2, 0) is 29.1 Å². The van der Waals surface area contributed by atoms with Crippen molar-refractivity contribution in [3.63, 3.8) is 0 Å². The normalized spacial score (nSPS) is 14.1. The number of anilines is 1. The first-order valence-electron chi connectivity index (χ1n) is 7.58. The summed E-state index contributed by atoms with van der Waals surface area (Å²) in [4.78, 5) is 25.5. The van der Waals surface area contributed by atoms with Crippen LogP contribution in [0.5, 0.6) is 5.75 Å². The van der Waals surface area contributed by atoms with Crippen molar-refractivity contribution >= 4 is 27.6 Å². The number of hydrogen-bond donors (Lipinski definition) is 2. The number of nitrogens with one attached hydrogen (secondary N) is 1. The van der Waals surface area contributed by atoms with Gasteiger partial charge in [-0.2, -0.15) is 0 Å². The fourth-order valence-electron chi connectivity index (χ4n) is 2.33. The number of hydrogen-bond acceptors (Lipinski definition) is 8. The quantitative estimate of drug-likeness (QED) is 0.703. The molecule has 0 radical (unpaired) electrons. The lowest BCUT2D eigenvalue weighted by Gasteiger charge is -2.24. The highest BCUT2D eigenvalue weighted by Gasteiger charge is 2.29. The Hall–Kier alpha value is -3.11. The van der Waals surface area contributed by atoms with Crippen LogP contribution in [0.1, 0.15) is 0 Å². The van der Waals surface area contributed by atoms with E-state index in [4.69, 9.17) is 9.47 Å². The molecule has 0 saturated heterocycles. The first-order chi connectivity index (χ1) is 12.8. The molecule has 0 atom stereocenters. The van der Waals surface area contributed by atoms with Crippen LogP contribution < -0.4 is 9.62 Å². The Morgan fingerprint density at radius 2 is 1.78 bits per heavy atom. The van der Waals surface area contributed by atoms with E-state index in [2.05, 4.69) is 4.72 Å². The molecule has 2 rings (SSSR count). The number of nitrogens with zero attached hydrogens (tertiary/aromatic N) is 1. The number of esters is 2. The zero-order valence-corrected chi connectivity index (χ0v) is 15.6. The van der Waals surface area contributed by atoms with Gasteiger partial charge in [-0.25, -0.2) is 22.7 Å². The molecule has 10 heteroatoms. The van der Waals surface area contributed by atoms with Crippen molar-refractivity contribution in [1.29, 1.82) is 0 Å². The Balaban J connectivity index is 2.76. The lowest BCUT2D eigenvalue weighted by atomic mass is 10.1. The van der Waals surface area contributed by atoms with E-state index in [9.17, 15) is 23.1 Å². The number of carbonyl (C=O) groups is 2. The Morgan fingerprint density at radius 1 is 1.11 bits per heavy atom. The molecule has 2 N–H and O–H groups in total. The van der Waals surface area contributed by atoms with E-state index >= 15 is 0 Å². The van der Waals surface area contributed by atoms with Crippen molar-refractivity contribution < 1.29 is 32.6 Å². The number of aromatic hydroxyl groups is 1. The zero-order chi connectivity index (χ0) is 20.2. The maximum Gasteiger partial charge on any atom is 0.355 e. The van der Waals surface area contributed by atoms with Crippen molar-refractivity contribution in [2.45, 2.75) is 4.90 Å². The standard InChI is InChI=1S/C17H18N2O7S/c1-18-27(23,24)11-7-8-14(20)13(10-11)19-9-5-4-6-12(16(21)25-2)15(19)17(22)26-3/h4-10,18,20H,1-3H3. The smallest absolute Gasteiger partial charge is 0.355 e. The van der Waals surface area contributed by atoms with Crippen LogP contribution in [0, 0.1) is 0 Å². The molecule has 0 amide bonds. The second-order valence-corrected chi connectivity index (χ2v) is 7.06. The summed E-state index contributed by atoms with van der Waals surface area (Å²) in [6.07, 6.45) is 5.71. The molecule has 0 fully saturated rings. The summed E-state index contributed by atoms with van der Waals surface area (Å²) in [6.45, 7) is 0. The molecule has 1 aliphatic rings. The van der Waals surface area contributed by atoms with Crippen LogP contribution in [0.15, 0.2) is 58.8 Å². The highest BCUT2D eigenvalue weighted by molar-refractivity contribution is 7.89. The summed E-state index contributed by atoms with van der Waals surface area (Å²) >= 11 is 0. The predicted molar refractivity (Wildman–Crippen MR) is 96.2 cm³/mol. The summed E-state index contributed by atoms with van der Waals surface area (Å²) in [5.74, 6) is -2.01. The molecule has 0 aliphatic carbocycles. The fourth-order valence-corrected chi connectivity index (χ4v) is 3.08. The number of allylic oxidation sites excluding steroid dienone is 2. The largest absolute Gasteiger partial charge is 0.506 e. The molecule has 0 saturated carbocycles. The zero-order valence-electron chi connectivity index (χ0n) is 14.8. The summed E-state index contributed by atoms with van der Waals surface area (Å²) < 4.78 is 35.8. The molecule has 1 aromatic carbocycles. The second kappa shape index (κ2) is 8.06. The molecule has 1 aromatic rings. The minimum absolute atomic E-state index is 0.0481. The van der Waals surface area contributed by atoms with Gasteiger partial charge < -0.3 is 19.5 Å². The SMILES string of the molecule is CNS(=O)(=O)c1ccc(O)c(N2C=CC=CC(C(=O)OC)=C2C(=O)OC)c1. The van der Waals surface area contributed by atoms with Crippen LogP contribution in [0.2, 0.25) is 0 Å². The minimum Gasteiger partial charge on any atom is -0.506 e. The van der Waals surface area contributed by atoms with Gasteiger partial charge in [-0.05, 0) is 37.4 Å². The number of benzene rings is 1. The third kappa shape index (κ3) is 4.01. The summed E-state index contributed by atoms with van der Waals surface area (Å²) in [7, 11) is -0.293. The van der Waals surface area contributed by atoms with Gasteiger partial charge in [0.2, 0.25) is 10.0 Å². The van der Waals surface area contributed by atoms with Crippen molar-refractivity contribution in [1.82, 2.24) is 4.72 Å². The van der Waals surface area contributed by atoms with E-state index in [0.717, 1.165) is 25.2 Å². The highest BCUT2D eigenvalue weighted by Crippen LogP contribution is 2.35. The molecular formula is C17H18N2O7S. The molecule has 1 heterocycles. The Morgan fingerprint density at radius 3 is 2.37 bits per heavy atom. The van der Waals surface area contributed by atoms with Crippen molar-refractivity contribution in [3.05, 3.63) is 53.9 Å². The summed E-state index contributed by atoms with van der Waals surface area (Å²) in [5.41, 5.74) is -0.424. The van der Waals surface area contributed by atoms with Crippen molar-refractivity contribution in [3.8, 4) is 5.75 Å². The van der Waals surface area contributed by atoms with Gasteiger partial charge in [0.05, 0.1) is 30.4 Å². The second-order valence-electron chi connectivity index (χ2n) is 5.17. The molecule has 0 spiro atoms. The molecule has 144 valence electrons. The van der Waals surface area contributed by atoms with Crippen LogP contribution in [0.25, 0.3) is 0 Å². The third-order valence-corrected chi connectivity index (χ3v) is 5.09. The number of sulfonamides is 1. The molecule has 0 aromatic heterocycles.